The van der Waals surface area contributed by atoms with Crippen LogP contribution in [0.25, 0.3) is 0 Å². The number of para-hydroxylation sites is 2. The van der Waals surface area contributed by atoms with E-state index in [4.69, 9.17) is 0 Å². The molecule has 3 heteroatoms. The Morgan fingerprint density at radius 3 is 1.67 bits per heavy atom. The summed E-state index contributed by atoms with van der Waals surface area (Å²) in [5.74, 6) is 0. The first-order chi connectivity index (χ1) is 8.86. The van der Waals surface area contributed by atoms with Crippen molar-refractivity contribution in [2.45, 2.75) is 0 Å². The van der Waals surface area contributed by atoms with Crippen molar-refractivity contribution in [3.8, 4) is 0 Å². The third kappa shape index (κ3) is 2.43. The SMILES string of the molecule is [Te]=C(N1CC1)N(c1ccccc1)c1ccccc1. The van der Waals surface area contributed by atoms with Crippen LogP contribution in [0.3, 0.4) is 0 Å². The molecule has 1 fully saturated rings. The molecule has 0 N–H and O–H groups in total. The molecule has 1 heterocycles. The van der Waals surface area contributed by atoms with E-state index < -0.39 is 0 Å². The van der Waals surface area contributed by atoms with E-state index in [0.29, 0.717) is 0 Å². The summed E-state index contributed by atoms with van der Waals surface area (Å²) in [5, 5.41) is 0. The number of hydrogen-bond donors (Lipinski definition) is 0. The summed E-state index contributed by atoms with van der Waals surface area (Å²) >= 11 is 2.11. The molecule has 0 atom stereocenters. The van der Waals surface area contributed by atoms with Crippen LogP contribution < -0.4 is 4.90 Å². The van der Waals surface area contributed by atoms with Crippen LogP contribution in [0.2, 0.25) is 0 Å². The van der Waals surface area contributed by atoms with Gasteiger partial charge in [0.15, 0.2) is 0 Å². The average Bonchev–Trinajstić information content (AvgIpc) is 3.26. The minimum atomic E-state index is 1.17. The van der Waals surface area contributed by atoms with Gasteiger partial charge >= 0.3 is 121 Å². The molecular weight excluding hydrogens is 336 g/mol. The Morgan fingerprint density at radius 1 is 0.833 bits per heavy atom. The zero-order valence-corrected chi connectivity index (χ0v) is 12.3. The van der Waals surface area contributed by atoms with Crippen molar-refractivity contribution in [2.75, 3.05) is 18.0 Å². The number of nitrogens with zero attached hydrogens (tertiary/aromatic N) is 2. The van der Waals surface area contributed by atoms with Crippen LogP contribution in [0.5, 0.6) is 0 Å². The molecule has 0 bridgehead atoms. The second-order valence-corrected chi connectivity index (χ2v) is 5.32. The van der Waals surface area contributed by atoms with Crippen LogP contribution in [0.15, 0.2) is 60.7 Å². The Balaban J connectivity index is 2.01. The summed E-state index contributed by atoms with van der Waals surface area (Å²) < 4.78 is 1.31. The first-order valence-electron chi connectivity index (χ1n) is 6.05. The molecule has 2 nitrogen and oxygen atoms in total. The number of hydrogen-bond acceptors (Lipinski definition) is 2. The van der Waals surface area contributed by atoms with Crippen molar-refractivity contribution in [1.82, 2.24) is 4.90 Å². The van der Waals surface area contributed by atoms with Gasteiger partial charge in [-0.1, -0.05) is 0 Å². The molecule has 2 aromatic rings. The molecule has 0 aliphatic carbocycles. The molecule has 90 valence electrons. The van der Waals surface area contributed by atoms with E-state index in [1.165, 1.54) is 28.3 Å². The maximum atomic E-state index is 2.38. The van der Waals surface area contributed by atoms with Crippen LogP contribution in [0.1, 0.15) is 0 Å². The standard InChI is InChI=1S/C15H14N2Te/c18-15(16-11-12-16)17(13-7-3-1-4-8-13)14-9-5-2-6-10-14/h1-10H,11-12H2. The van der Waals surface area contributed by atoms with Gasteiger partial charge in [0.1, 0.15) is 0 Å². The van der Waals surface area contributed by atoms with Crippen molar-refractivity contribution in [3.63, 3.8) is 0 Å². The fraction of sp³-hybridized carbons (Fsp3) is 0.133. The van der Waals surface area contributed by atoms with Crippen LogP contribution in [0, 0.1) is 0 Å². The Labute approximate surface area is 120 Å². The zero-order valence-electron chi connectivity index (χ0n) is 9.99. The molecule has 0 unspecified atom stereocenters. The Bertz CT molecular complexity index is 495. The molecular formula is C15H14N2Te. The van der Waals surface area contributed by atoms with E-state index in [1.807, 2.05) is 0 Å². The number of benzene rings is 2. The van der Waals surface area contributed by atoms with Gasteiger partial charge in [0.05, 0.1) is 0 Å². The summed E-state index contributed by atoms with van der Waals surface area (Å²) in [6.45, 7) is 2.34. The summed E-state index contributed by atoms with van der Waals surface area (Å²) in [6, 6.07) is 21.1. The zero-order chi connectivity index (χ0) is 12.4. The van der Waals surface area contributed by atoms with Gasteiger partial charge in [0, 0.05) is 0 Å². The van der Waals surface area contributed by atoms with E-state index in [1.54, 1.807) is 0 Å². The van der Waals surface area contributed by atoms with E-state index in [2.05, 4.69) is 92.3 Å². The Kier molecular flexibility index (Phi) is 3.36. The van der Waals surface area contributed by atoms with Crippen molar-refractivity contribution < 1.29 is 0 Å². The van der Waals surface area contributed by atoms with Gasteiger partial charge in [-0.25, -0.2) is 0 Å². The van der Waals surface area contributed by atoms with Crippen LogP contribution in [-0.2, 0) is 0 Å². The van der Waals surface area contributed by atoms with Crippen LogP contribution in [0.4, 0.5) is 11.4 Å². The third-order valence-corrected chi connectivity index (χ3v) is 4.20. The molecule has 3 rings (SSSR count). The molecule has 18 heavy (non-hydrogen) atoms. The molecule has 0 amide bonds. The maximum absolute atomic E-state index is 2.38. The second-order valence-electron chi connectivity index (χ2n) is 4.28. The van der Waals surface area contributed by atoms with Crippen molar-refractivity contribution in [2.24, 2.45) is 0 Å². The normalized spacial score (nSPS) is 13.2. The average molecular weight is 350 g/mol. The predicted molar refractivity (Wildman–Crippen MR) is 77.4 cm³/mol. The van der Waals surface area contributed by atoms with Crippen molar-refractivity contribution in [3.05, 3.63) is 60.7 Å². The second kappa shape index (κ2) is 5.14. The number of rotatable bonds is 4. The van der Waals surface area contributed by atoms with E-state index in [-0.39, 0.29) is 0 Å². The van der Waals surface area contributed by atoms with Crippen molar-refractivity contribution in [1.29, 1.82) is 0 Å². The van der Waals surface area contributed by atoms with Gasteiger partial charge < -0.3 is 0 Å². The topological polar surface area (TPSA) is 6.25 Å². The predicted octanol–water partition coefficient (Wildman–Crippen LogP) is 2.40. The Hall–Kier alpha value is -1.30. The fourth-order valence-electron chi connectivity index (χ4n) is 1.91. The van der Waals surface area contributed by atoms with E-state index in [0.717, 1.165) is 0 Å². The van der Waals surface area contributed by atoms with E-state index >= 15 is 0 Å². The third-order valence-electron chi connectivity index (χ3n) is 2.94. The molecule has 0 saturated carbocycles. The minimum absolute atomic E-state index is 1.17. The summed E-state index contributed by atoms with van der Waals surface area (Å²) in [5.41, 5.74) is 2.44. The molecule has 2 aromatic carbocycles. The quantitative estimate of drug-likeness (QED) is 0.617. The molecule has 1 aliphatic heterocycles. The molecule has 0 radical (unpaired) electrons. The first-order valence-corrected chi connectivity index (χ1v) is 7.22. The van der Waals surface area contributed by atoms with Crippen LogP contribution >= 0.6 is 0 Å². The van der Waals surface area contributed by atoms with Gasteiger partial charge in [-0.05, 0) is 0 Å². The molecule has 1 aliphatic rings. The number of anilines is 2. The summed E-state index contributed by atoms with van der Waals surface area (Å²) in [4.78, 5) is 4.70. The first kappa shape index (κ1) is 11.8. The van der Waals surface area contributed by atoms with Gasteiger partial charge in [-0.15, -0.1) is 0 Å². The fourth-order valence-corrected chi connectivity index (χ4v) is 3.03. The van der Waals surface area contributed by atoms with Crippen LogP contribution in [-0.4, -0.2) is 43.6 Å². The summed E-state index contributed by atoms with van der Waals surface area (Å²) in [6.07, 6.45) is 0. The van der Waals surface area contributed by atoms with Gasteiger partial charge in [0.2, 0.25) is 0 Å². The van der Waals surface area contributed by atoms with Gasteiger partial charge in [-0.2, -0.15) is 0 Å². The van der Waals surface area contributed by atoms with Gasteiger partial charge in [0.25, 0.3) is 0 Å². The summed E-state index contributed by atoms with van der Waals surface area (Å²) in [7, 11) is 0. The van der Waals surface area contributed by atoms with Crippen molar-refractivity contribution >= 4 is 37.0 Å². The monoisotopic (exact) mass is 352 g/mol. The molecule has 0 aromatic heterocycles. The molecule has 0 spiro atoms. The Morgan fingerprint density at radius 2 is 1.28 bits per heavy atom. The van der Waals surface area contributed by atoms with Gasteiger partial charge in [-0.3, -0.25) is 0 Å². The molecule has 1 saturated heterocycles. The van der Waals surface area contributed by atoms with E-state index in [9.17, 15) is 0 Å².